The molecular weight excluding hydrogens is 174 g/mol. The average molecular weight is 191 g/mol. The largest absolute Gasteiger partial charge is 0.465 e. The molecule has 3 nitrogen and oxygen atoms in total. The van der Waals surface area contributed by atoms with Crippen molar-refractivity contribution in [2.75, 3.05) is 11.5 Å². The molecule has 0 aromatic rings. The molecule has 0 aliphatic heterocycles. The van der Waals surface area contributed by atoms with Crippen LogP contribution in [-0.4, -0.2) is 28.7 Å². The second kappa shape index (κ2) is 6.17. The highest BCUT2D eigenvalue weighted by Gasteiger charge is 2.04. The molecule has 12 heavy (non-hydrogen) atoms. The van der Waals surface area contributed by atoms with Crippen molar-refractivity contribution in [1.29, 1.82) is 0 Å². The molecule has 0 aromatic heterocycles. The highest BCUT2D eigenvalue weighted by atomic mass is 32.2. The van der Waals surface area contributed by atoms with Gasteiger partial charge in [-0.3, -0.25) is 0 Å². The van der Waals surface area contributed by atoms with Gasteiger partial charge in [-0.2, -0.15) is 11.8 Å². The molecule has 1 unspecified atom stereocenters. The van der Waals surface area contributed by atoms with Crippen molar-refractivity contribution >= 4 is 17.9 Å². The summed E-state index contributed by atoms with van der Waals surface area (Å²) in [5.41, 5.74) is 0. The summed E-state index contributed by atoms with van der Waals surface area (Å²) in [7, 11) is 0. The summed E-state index contributed by atoms with van der Waals surface area (Å²) in [5.74, 6) is 2.61. The van der Waals surface area contributed by atoms with Gasteiger partial charge in [-0.15, -0.1) is 0 Å². The van der Waals surface area contributed by atoms with Crippen molar-refractivity contribution < 1.29 is 9.90 Å². The van der Waals surface area contributed by atoms with Gasteiger partial charge in [0.05, 0.1) is 0 Å². The smallest absolute Gasteiger partial charge is 0.404 e. The summed E-state index contributed by atoms with van der Waals surface area (Å²) in [6, 6.07) is 0.0475. The first kappa shape index (κ1) is 11.6. The van der Waals surface area contributed by atoms with Crippen molar-refractivity contribution in [2.45, 2.75) is 26.8 Å². The standard InChI is InChI=1S/C8H17NO2S/c1-6(2)4-12-5-7(3)9-8(10)11/h6-7,9H,4-5H2,1-3H3,(H,10,11). The van der Waals surface area contributed by atoms with Crippen molar-refractivity contribution in [1.82, 2.24) is 5.32 Å². The quantitative estimate of drug-likeness (QED) is 0.699. The van der Waals surface area contributed by atoms with Crippen molar-refractivity contribution in [3.8, 4) is 0 Å². The van der Waals surface area contributed by atoms with Crippen molar-refractivity contribution in [3.63, 3.8) is 0 Å². The molecule has 1 amide bonds. The molecule has 2 N–H and O–H groups in total. The Morgan fingerprint density at radius 1 is 1.42 bits per heavy atom. The van der Waals surface area contributed by atoms with Crippen LogP contribution in [0.15, 0.2) is 0 Å². The number of carbonyl (C=O) groups is 1. The molecule has 0 aromatic carbocycles. The first-order valence-corrected chi connectivity index (χ1v) is 5.25. The lowest BCUT2D eigenvalue weighted by Gasteiger charge is -2.11. The minimum absolute atomic E-state index is 0.0475. The second-order valence-electron chi connectivity index (χ2n) is 3.28. The van der Waals surface area contributed by atoms with Gasteiger partial charge in [0.15, 0.2) is 0 Å². The Bertz CT molecular complexity index is 139. The SMILES string of the molecule is CC(C)CSCC(C)NC(=O)O. The van der Waals surface area contributed by atoms with Gasteiger partial charge in [0.25, 0.3) is 0 Å². The van der Waals surface area contributed by atoms with E-state index in [4.69, 9.17) is 5.11 Å². The van der Waals surface area contributed by atoms with Crippen LogP contribution in [0.4, 0.5) is 4.79 Å². The number of nitrogens with one attached hydrogen (secondary N) is 1. The molecule has 0 bridgehead atoms. The van der Waals surface area contributed by atoms with E-state index in [1.807, 2.05) is 6.92 Å². The zero-order chi connectivity index (χ0) is 9.56. The first-order chi connectivity index (χ1) is 5.52. The van der Waals surface area contributed by atoms with E-state index >= 15 is 0 Å². The fourth-order valence-corrected chi connectivity index (χ4v) is 1.78. The van der Waals surface area contributed by atoms with Crippen LogP contribution in [-0.2, 0) is 0 Å². The highest BCUT2D eigenvalue weighted by Crippen LogP contribution is 2.08. The number of rotatable bonds is 5. The van der Waals surface area contributed by atoms with Gasteiger partial charge in [-0.25, -0.2) is 4.79 Å². The summed E-state index contributed by atoms with van der Waals surface area (Å²) in [6.07, 6.45) is -0.937. The molecule has 0 rings (SSSR count). The van der Waals surface area contributed by atoms with Crippen LogP contribution in [0.3, 0.4) is 0 Å². The zero-order valence-corrected chi connectivity index (χ0v) is 8.65. The van der Waals surface area contributed by atoms with E-state index < -0.39 is 6.09 Å². The molecule has 0 aliphatic rings. The zero-order valence-electron chi connectivity index (χ0n) is 7.83. The van der Waals surface area contributed by atoms with Gasteiger partial charge in [0.2, 0.25) is 0 Å². The van der Waals surface area contributed by atoms with E-state index in [0.29, 0.717) is 5.92 Å². The monoisotopic (exact) mass is 191 g/mol. The normalized spacial score (nSPS) is 13.0. The third-order valence-electron chi connectivity index (χ3n) is 1.19. The van der Waals surface area contributed by atoms with Crippen LogP contribution >= 0.6 is 11.8 Å². The third kappa shape index (κ3) is 7.72. The fourth-order valence-electron chi connectivity index (χ4n) is 0.733. The minimum Gasteiger partial charge on any atom is -0.465 e. The lowest BCUT2D eigenvalue weighted by molar-refractivity contribution is 0.192. The molecule has 72 valence electrons. The summed E-state index contributed by atoms with van der Waals surface area (Å²) in [6.45, 7) is 6.19. The Labute approximate surface area is 77.9 Å². The molecule has 4 heteroatoms. The maximum Gasteiger partial charge on any atom is 0.404 e. The van der Waals surface area contributed by atoms with Gasteiger partial charge in [0, 0.05) is 11.8 Å². The summed E-state index contributed by atoms with van der Waals surface area (Å²) in [4.78, 5) is 10.2. The van der Waals surface area contributed by atoms with Crippen LogP contribution in [0.1, 0.15) is 20.8 Å². The number of amides is 1. The predicted molar refractivity (Wildman–Crippen MR) is 52.8 cm³/mol. The van der Waals surface area contributed by atoms with Crippen LogP contribution in [0.2, 0.25) is 0 Å². The summed E-state index contributed by atoms with van der Waals surface area (Å²) < 4.78 is 0. The Hall–Kier alpha value is -0.380. The third-order valence-corrected chi connectivity index (χ3v) is 2.83. The lowest BCUT2D eigenvalue weighted by Crippen LogP contribution is -2.32. The Kier molecular flexibility index (Phi) is 5.98. The van der Waals surface area contributed by atoms with Crippen LogP contribution in [0, 0.1) is 5.92 Å². The summed E-state index contributed by atoms with van der Waals surface area (Å²) in [5, 5.41) is 10.8. The van der Waals surface area contributed by atoms with Crippen molar-refractivity contribution in [2.24, 2.45) is 5.92 Å². The lowest BCUT2D eigenvalue weighted by atomic mass is 10.3. The van der Waals surface area contributed by atoms with Crippen LogP contribution < -0.4 is 5.32 Å². The van der Waals surface area contributed by atoms with E-state index in [1.165, 1.54) is 0 Å². The van der Waals surface area contributed by atoms with Gasteiger partial charge in [-0.05, 0) is 18.6 Å². The van der Waals surface area contributed by atoms with Crippen LogP contribution in [0.5, 0.6) is 0 Å². The molecule has 0 aliphatic carbocycles. The highest BCUT2D eigenvalue weighted by molar-refractivity contribution is 7.99. The van der Waals surface area contributed by atoms with Gasteiger partial charge in [-0.1, -0.05) is 13.8 Å². The van der Waals surface area contributed by atoms with Gasteiger partial charge in [0.1, 0.15) is 0 Å². The topological polar surface area (TPSA) is 49.3 Å². The Morgan fingerprint density at radius 3 is 2.42 bits per heavy atom. The van der Waals surface area contributed by atoms with E-state index in [9.17, 15) is 4.79 Å². The van der Waals surface area contributed by atoms with E-state index in [2.05, 4.69) is 19.2 Å². The number of carboxylic acid groups (broad SMARTS) is 1. The number of hydrogen-bond donors (Lipinski definition) is 2. The van der Waals surface area contributed by atoms with Crippen LogP contribution in [0.25, 0.3) is 0 Å². The van der Waals surface area contributed by atoms with Crippen molar-refractivity contribution in [3.05, 3.63) is 0 Å². The van der Waals surface area contributed by atoms with E-state index in [-0.39, 0.29) is 6.04 Å². The number of hydrogen-bond acceptors (Lipinski definition) is 2. The van der Waals surface area contributed by atoms with Gasteiger partial charge >= 0.3 is 6.09 Å². The molecule has 1 atom stereocenters. The number of thioether (sulfide) groups is 1. The Morgan fingerprint density at radius 2 is 2.00 bits per heavy atom. The summed E-state index contributed by atoms with van der Waals surface area (Å²) >= 11 is 1.79. The van der Waals surface area contributed by atoms with Gasteiger partial charge < -0.3 is 10.4 Å². The average Bonchev–Trinajstić information content (AvgIpc) is 1.84. The molecule has 0 saturated carbocycles. The predicted octanol–water partition coefficient (Wildman–Crippen LogP) is 2.03. The molecule has 0 saturated heterocycles. The van der Waals surface area contributed by atoms with E-state index in [1.54, 1.807) is 11.8 Å². The molecule has 0 heterocycles. The fraction of sp³-hybridized carbons (Fsp3) is 0.875. The molecular formula is C8H17NO2S. The Balaban J connectivity index is 3.31. The second-order valence-corrected chi connectivity index (χ2v) is 4.36. The maximum absolute atomic E-state index is 10.2. The maximum atomic E-state index is 10.2. The molecule has 0 radical (unpaired) electrons. The van der Waals surface area contributed by atoms with E-state index in [0.717, 1.165) is 11.5 Å². The minimum atomic E-state index is -0.937. The molecule has 0 spiro atoms. The molecule has 0 fully saturated rings. The first-order valence-electron chi connectivity index (χ1n) is 4.09.